The first-order valence-corrected chi connectivity index (χ1v) is 7.02. The average molecular weight is 252 g/mol. The minimum absolute atomic E-state index is 0.109. The van der Waals surface area contributed by atoms with Crippen molar-refractivity contribution in [1.29, 1.82) is 0 Å². The molecular weight excluding hydrogens is 224 g/mol. The van der Waals surface area contributed by atoms with Gasteiger partial charge in [0.1, 0.15) is 5.76 Å². The molecular formula is C15H28N2O. The van der Waals surface area contributed by atoms with Gasteiger partial charge in [0, 0.05) is 18.6 Å². The summed E-state index contributed by atoms with van der Waals surface area (Å²) in [6, 6.07) is 4.72. The third-order valence-corrected chi connectivity index (χ3v) is 3.31. The molecule has 2 atom stereocenters. The molecule has 0 radical (unpaired) electrons. The molecule has 0 aliphatic rings. The van der Waals surface area contributed by atoms with Gasteiger partial charge in [-0.1, -0.05) is 20.8 Å². The van der Waals surface area contributed by atoms with Crippen molar-refractivity contribution in [1.82, 2.24) is 4.90 Å². The van der Waals surface area contributed by atoms with Crippen LogP contribution in [0.15, 0.2) is 22.8 Å². The summed E-state index contributed by atoms with van der Waals surface area (Å²) in [5.74, 6) is 1.60. The lowest BCUT2D eigenvalue weighted by Crippen LogP contribution is -2.45. The maximum Gasteiger partial charge on any atom is 0.122 e. The van der Waals surface area contributed by atoms with Gasteiger partial charge in [0.2, 0.25) is 0 Å². The molecule has 18 heavy (non-hydrogen) atoms. The Morgan fingerprint density at radius 2 is 1.94 bits per heavy atom. The topological polar surface area (TPSA) is 42.4 Å². The van der Waals surface area contributed by atoms with Gasteiger partial charge in [-0.15, -0.1) is 0 Å². The minimum atomic E-state index is 0.109. The van der Waals surface area contributed by atoms with Gasteiger partial charge in [-0.2, -0.15) is 0 Å². The monoisotopic (exact) mass is 252 g/mol. The van der Waals surface area contributed by atoms with E-state index in [1.54, 1.807) is 6.26 Å². The van der Waals surface area contributed by atoms with E-state index in [0.717, 1.165) is 18.7 Å². The summed E-state index contributed by atoms with van der Waals surface area (Å²) in [5, 5.41) is 0. The molecule has 2 unspecified atom stereocenters. The van der Waals surface area contributed by atoms with Crippen LogP contribution in [0.5, 0.6) is 0 Å². The molecule has 0 fully saturated rings. The highest BCUT2D eigenvalue weighted by molar-refractivity contribution is 5.08. The lowest BCUT2D eigenvalue weighted by molar-refractivity contribution is 0.0984. The summed E-state index contributed by atoms with van der Waals surface area (Å²) in [5.41, 5.74) is 6.32. The zero-order valence-electron chi connectivity index (χ0n) is 12.4. The van der Waals surface area contributed by atoms with Crippen LogP contribution in [-0.4, -0.2) is 23.5 Å². The van der Waals surface area contributed by atoms with E-state index in [9.17, 15) is 0 Å². The van der Waals surface area contributed by atoms with Crippen molar-refractivity contribution in [3.8, 4) is 0 Å². The second-order valence-electron chi connectivity index (χ2n) is 5.72. The first kappa shape index (κ1) is 15.3. The van der Waals surface area contributed by atoms with E-state index in [-0.39, 0.29) is 12.1 Å². The summed E-state index contributed by atoms with van der Waals surface area (Å²) in [6.07, 6.45) is 2.69. The van der Waals surface area contributed by atoms with Crippen LogP contribution in [0.25, 0.3) is 0 Å². The molecule has 0 aliphatic heterocycles. The summed E-state index contributed by atoms with van der Waals surface area (Å²) in [4.78, 5) is 2.46. The molecule has 1 aromatic heterocycles. The second kappa shape index (κ2) is 6.95. The molecule has 0 aromatic carbocycles. The molecule has 0 spiro atoms. The van der Waals surface area contributed by atoms with Crippen molar-refractivity contribution < 1.29 is 4.42 Å². The number of nitrogens with zero attached hydrogens (tertiary/aromatic N) is 1. The molecule has 0 aliphatic carbocycles. The predicted molar refractivity (Wildman–Crippen MR) is 76.4 cm³/mol. The average Bonchev–Trinajstić information content (AvgIpc) is 2.80. The summed E-state index contributed by atoms with van der Waals surface area (Å²) < 4.78 is 5.61. The van der Waals surface area contributed by atoms with Gasteiger partial charge in [0.25, 0.3) is 0 Å². The predicted octanol–water partition coefficient (Wildman–Crippen LogP) is 3.42. The SMILES string of the molecule is CCC(N)C(c1ccco1)N(CC(C)C)C(C)C. The largest absolute Gasteiger partial charge is 0.468 e. The van der Waals surface area contributed by atoms with E-state index in [0.29, 0.717) is 12.0 Å². The van der Waals surface area contributed by atoms with E-state index in [4.69, 9.17) is 10.2 Å². The van der Waals surface area contributed by atoms with Crippen LogP contribution >= 0.6 is 0 Å². The lowest BCUT2D eigenvalue weighted by Gasteiger charge is -2.38. The van der Waals surface area contributed by atoms with Crippen molar-refractivity contribution in [3.05, 3.63) is 24.2 Å². The normalized spacial score (nSPS) is 15.6. The molecule has 3 heteroatoms. The minimum Gasteiger partial charge on any atom is -0.468 e. The van der Waals surface area contributed by atoms with E-state index >= 15 is 0 Å². The number of furan rings is 1. The van der Waals surface area contributed by atoms with Crippen LogP contribution in [0.2, 0.25) is 0 Å². The quantitative estimate of drug-likeness (QED) is 0.808. The van der Waals surface area contributed by atoms with Gasteiger partial charge in [-0.3, -0.25) is 4.90 Å². The van der Waals surface area contributed by atoms with Crippen LogP contribution in [0, 0.1) is 5.92 Å². The van der Waals surface area contributed by atoms with Crippen LogP contribution in [-0.2, 0) is 0 Å². The molecule has 0 saturated heterocycles. The summed E-state index contributed by atoms with van der Waals surface area (Å²) in [7, 11) is 0. The molecule has 1 heterocycles. The maximum absolute atomic E-state index is 6.32. The van der Waals surface area contributed by atoms with Gasteiger partial charge in [-0.05, 0) is 38.3 Å². The van der Waals surface area contributed by atoms with Gasteiger partial charge in [0.05, 0.1) is 12.3 Å². The molecule has 0 saturated carbocycles. The number of hydrogen-bond acceptors (Lipinski definition) is 3. The highest BCUT2D eigenvalue weighted by atomic mass is 16.3. The van der Waals surface area contributed by atoms with Gasteiger partial charge in [0.15, 0.2) is 0 Å². The Morgan fingerprint density at radius 1 is 1.28 bits per heavy atom. The molecule has 3 nitrogen and oxygen atoms in total. The van der Waals surface area contributed by atoms with E-state index in [1.165, 1.54) is 0 Å². The Kier molecular flexibility index (Phi) is 5.89. The lowest BCUT2D eigenvalue weighted by atomic mass is 9.99. The van der Waals surface area contributed by atoms with Gasteiger partial charge >= 0.3 is 0 Å². The smallest absolute Gasteiger partial charge is 0.122 e. The molecule has 1 aromatic rings. The summed E-state index contributed by atoms with van der Waals surface area (Å²) in [6.45, 7) is 12.1. The fourth-order valence-electron chi connectivity index (χ4n) is 2.37. The van der Waals surface area contributed by atoms with Crippen molar-refractivity contribution >= 4 is 0 Å². The Bertz CT molecular complexity index is 319. The molecule has 104 valence electrons. The van der Waals surface area contributed by atoms with E-state index in [2.05, 4.69) is 39.5 Å². The Hall–Kier alpha value is -0.800. The number of nitrogens with two attached hydrogens (primary N) is 1. The summed E-state index contributed by atoms with van der Waals surface area (Å²) >= 11 is 0. The zero-order valence-corrected chi connectivity index (χ0v) is 12.4. The van der Waals surface area contributed by atoms with Gasteiger partial charge in [-0.25, -0.2) is 0 Å². The first-order chi connectivity index (χ1) is 8.47. The van der Waals surface area contributed by atoms with E-state index < -0.39 is 0 Å². The van der Waals surface area contributed by atoms with Gasteiger partial charge < -0.3 is 10.2 Å². The van der Waals surface area contributed by atoms with Crippen molar-refractivity contribution in [2.24, 2.45) is 11.7 Å². The van der Waals surface area contributed by atoms with Crippen molar-refractivity contribution in [2.75, 3.05) is 6.54 Å². The fourth-order valence-corrected chi connectivity index (χ4v) is 2.37. The van der Waals surface area contributed by atoms with Crippen LogP contribution in [0.4, 0.5) is 0 Å². The molecule has 1 rings (SSSR count). The molecule has 0 amide bonds. The third kappa shape index (κ3) is 3.85. The first-order valence-electron chi connectivity index (χ1n) is 7.02. The molecule has 0 bridgehead atoms. The Morgan fingerprint density at radius 3 is 2.33 bits per heavy atom. The number of rotatable bonds is 7. The Labute approximate surface area is 111 Å². The second-order valence-corrected chi connectivity index (χ2v) is 5.72. The van der Waals surface area contributed by atoms with Crippen LogP contribution in [0.1, 0.15) is 52.8 Å². The van der Waals surface area contributed by atoms with Crippen molar-refractivity contribution in [3.63, 3.8) is 0 Å². The Balaban J connectivity index is 2.98. The number of hydrogen-bond donors (Lipinski definition) is 1. The highest BCUT2D eigenvalue weighted by Gasteiger charge is 2.30. The molecule has 2 N–H and O–H groups in total. The zero-order chi connectivity index (χ0) is 13.7. The highest BCUT2D eigenvalue weighted by Crippen LogP contribution is 2.28. The van der Waals surface area contributed by atoms with Crippen LogP contribution < -0.4 is 5.73 Å². The van der Waals surface area contributed by atoms with Crippen molar-refractivity contribution in [2.45, 2.75) is 59.2 Å². The standard InChI is InChI=1S/C15H28N2O/c1-6-13(16)15(14-8-7-9-18-14)17(12(4)5)10-11(2)3/h7-9,11-13,15H,6,10,16H2,1-5H3. The fraction of sp³-hybridized carbons (Fsp3) is 0.733. The van der Waals surface area contributed by atoms with Crippen LogP contribution in [0.3, 0.4) is 0 Å². The maximum atomic E-state index is 6.32. The third-order valence-electron chi connectivity index (χ3n) is 3.31. The van der Waals surface area contributed by atoms with E-state index in [1.807, 2.05) is 12.1 Å².